The molecule has 0 radical (unpaired) electrons. The van der Waals surface area contributed by atoms with Crippen molar-refractivity contribution in [2.75, 3.05) is 12.3 Å². The monoisotopic (exact) mass is 327 g/mol. The smallest absolute Gasteiger partial charge is 0.257 e. The van der Waals surface area contributed by atoms with Crippen LogP contribution >= 0.6 is 11.3 Å². The van der Waals surface area contributed by atoms with Crippen molar-refractivity contribution >= 4 is 22.9 Å². The molecule has 118 valence electrons. The minimum absolute atomic E-state index is 0.164. The fourth-order valence-corrected chi connectivity index (χ4v) is 3.01. The number of nitrogen functional groups attached to an aromatic ring is 1. The molecular formula is C17H17N3O2S. The normalized spacial score (nSPS) is 10.7. The van der Waals surface area contributed by atoms with Crippen molar-refractivity contribution in [3.05, 3.63) is 58.6 Å². The molecule has 0 atom stereocenters. The fraction of sp³-hybridized carbons (Fsp3) is 0.176. The van der Waals surface area contributed by atoms with Gasteiger partial charge in [0.05, 0.1) is 10.6 Å². The van der Waals surface area contributed by atoms with Crippen LogP contribution in [0.15, 0.2) is 46.3 Å². The molecule has 2 aromatic heterocycles. The summed E-state index contributed by atoms with van der Waals surface area (Å²) in [6.07, 6.45) is 0.741. The Hall–Kier alpha value is -2.60. The molecule has 3 N–H and O–H groups in total. The maximum absolute atomic E-state index is 12.5. The minimum Gasteiger partial charge on any atom is -0.399 e. The molecule has 0 aliphatic rings. The summed E-state index contributed by atoms with van der Waals surface area (Å²) in [5, 5.41) is 8.79. The molecule has 0 aliphatic heterocycles. The molecule has 0 aliphatic carbocycles. The number of hydrogen-bond acceptors (Lipinski definition) is 5. The molecule has 3 rings (SSSR count). The number of amides is 1. The number of thiophene rings is 1. The molecule has 2 heterocycles. The van der Waals surface area contributed by atoms with E-state index in [4.69, 9.17) is 10.3 Å². The van der Waals surface area contributed by atoms with Gasteiger partial charge in [-0.15, -0.1) is 11.3 Å². The molecule has 0 saturated carbocycles. The summed E-state index contributed by atoms with van der Waals surface area (Å²) in [5.74, 6) is 0.366. The lowest BCUT2D eigenvalue weighted by atomic mass is 10.1. The third kappa shape index (κ3) is 3.43. The summed E-state index contributed by atoms with van der Waals surface area (Å²) in [7, 11) is 0. The van der Waals surface area contributed by atoms with Crippen LogP contribution in [0.2, 0.25) is 0 Å². The topological polar surface area (TPSA) is 81.2 Å². The number of rotatable bonds is 5. The van der Waals surface area contributed by atoms with Crippen LogP contribution in [0.5, 0.6) is 0 Å². The minimum atomic E-state index is -0.164. The lowest BCUT2D eigenvalue weighted by molar-refractivity contribution is 0.0954. The average Bonchev–Trinajstić information content (AvgIpc) is 3.18. The van der Waals surface area contributed by atoms with Gasteiger partial charge in [0.15, 0.2) is 5.76 Å². The summed E-state index contributed by atoms with van der Waals surface area (Å²) < 4.78 is 5.32. The van der Waals surface area contributed by atoms with Crippen molar-refractivity contribution in [2.45, 2.75) is 13.3 Å². The molecule has 1 aromatic carbocycles. The fourth-order valence-electron chi connectivity index (χ4n) is 2.31. The molecule has 0 unspecified atom stereocenters. The van der Waals surface area contributed by atoms with Crippen LogP contribution in [0.25, 0.3) is 10.6 Å². The number of nitrogens with two attached hydrogens (primary N) is 1. The summed E-state index contributed by atoms with van der Waals surface area (Å²) in [5.41, 5.74) is 8.62. The Bertz CT molecular complexity index is 792. The van der Waals surface area contributed by atoms with Gasteiger partial charge in [0, 0.05) is 12.2 Å². The zero-order valence-corrected chi connectivity index (χ0v) is 13.5. The average molecular weight is 327 g/mol. The van der Waals surface area contributed by atoms with Crippen LogP contribution in [0.4, 0.5) is 5.69 Å². The third-order valence-corrected chi connectivity index (χ3v) is 4.38. The van der Waals surface area contributed by atoms with Gasteiger partial charge in [-0.1, -0.05) is 23.4 Å². The SMILES string of the molecule is Cc1noc(-c2cccs2)c1C(=O)NCCc1ccc(N)cc1. The largest absolute Gasteiger partial charge is 0.399 e. The van der Waals surface area contributed by atoms with E-state index in [9.17, 15) is 4.79 Å². The quantitative estimate of drug-likeness (QED) is 0.705. The van der Waals surface area contributed by atoms with Gasteiger partial charge in [-0.25, -0.2) is 0 Å². The number of benzene rings is 1. The van der Waals surface area contributed by atoms with Crippen LogP contribution in [-0.2, 0) is 6.42 Å². The molecule has 0 spiro atoms. The first kappa shape index (κ1) is 15.3. The number of nitrogens with zero attached hydrogens (tertiary/aromatic N) is 1. The number of carbonyl (C=O) groups excluding carboxylic acids is 1. The Morgan fingerprint density at radius 1 is 1.30 bits per heavy atom. The van der Waals surface area contributed by atoms with E-state index in [0.717, 1.165) is 22.5 Å². The van der Waals surface area contributed by atoms with Crippen molar-refractivity contribution < 1.29 is 9.32 Å². The number of aryl methyl sites for hydroxylation is 1. The zero-order valence-electron chi connectivity index (χ0n) is 12.7. The van der Waals surface area contributed by atoms with Crippen molar-refractivity contribution in [2.24, 2.45) is 0 Å². The molecular weight excluding hydrogens is 310 g/mol. The van der Waals surface area contributed by atoms with E-state index in [1.54, 1.807) is 6.92 Å². The first-order valence-electron chi connectivity index (χ1n) is 7.28. The van der Waals surface area contributed by atoms with Gasteiger partial charge in [-0.2, -0.15) is 0 Å². The molecule has 6 heteroatoms. The Morgan fingerprint density at radius 3 is 2.78 bits per heavy atom. The molecule has 0 bridgehead atoms. The first-order chi connectivity index (χ1) is 11.1. The molecule has 0 saturated heterocycles. The second kappa shape index (κ2) is 6.66. The van der Waals surface area contributed by atoms with Crippen LogP contribution in [-0.4, -0.2) is 17.6 Å². The Balaban J connectivity index is 1.67. The molecule has 0 fully saturated rings. The van der Waals surface area contributed by atoms with Crippen molar-refractivity contribution in [1.29, 1.82) is 0 Å². The number of hydrogen-bond donors (Lipinski definition) is 2. The second-order valence-electron chi connectivity index (χ2n) is 5.20. The number of aromatic nitrogens is 1. The highest BCUT2D eigenvalue weighted by atomic mass is 32.1. The van der Waals surface area contributed by atoms with E-state index in [2.05, 4.69) is 10.5 Å². The van der Waals surface area contributed by atoms with E-state index < -0.39 is 0 Å². The predicted octanol–water partition coefficient (Wildman–Crippen LogP) is 3.27. The van der Waals surface area contributed by atoms with E-state index in [-0.39, 0.29) is 5.91 Å². The maximum Gasteiger partial charge on any atom is 0.257 e. The Kier molecular flexibility index (Phi) is 4.43. The zero-order chi connectivity index (χ0) is 16.2. The van der Waals surface area contributed by atoms with Crippen LogP contribution < -0.4 is 11.1 Å². The van der Waals surface area contributed by atoms with Crippen molar-refractivity contribution in [3.63, 3.8) is 0 Å². The van der Waals surface area contributed by atoms with Crippen molar-refractivity contribution in [1.82, 2.24) is 10.5 Å². The lowest BCUT2D eigenvalue weighted by Crippen LogP contribution is -2.26. The summed E-state index contributed by atoms with van der Waals surface area (Å²) in [6.45, 7) is 2.31. The van der Waals surface area contributed by atoms with E-state index in [0.29, 0.717) is 23.6 Å². The summed E-state index contributed by atoms with van der Waals surface area (Å²) in [4.78, 5) is 13.4. The van der Waals surface area contributed by atoms with Gasteiger partial charge < -0.3 is 15.6 Å². The number of anilines is 1. The first-order valence-corrected chi connectivity index (χ1v) is 8.16. The van der Waals surface area contributed by atoms with E-state index >= 15 is 0 Å². The maximum atomic E-state index is 12.5. The summed E-state index contributed by atoms with van der Waals surface area (Å²) >= 11 is 1.52. The molecule has 23 heavy (non-hydrogen) atoms. The van der Waals surface area contributed by atoms with Crippen LogP contribution in [0, 0.1) is 6.92 Å². The van der Waals surface area contributed by atoms with Gasteiger partial charge in [0.25, 0.3) is 5.91 Å². The number of nitrogens with one attached hydrogen (secondary N) is 1. The van der Waals surface area contributed by atoms with Crippen molar-refractivity contribution in [3.8, 4) is 10.6 Å². The Morgan fingerprint density at radius 2 is 2.09 bits per heavy atom. The summed E-state index contributed by atoms with van der Waals surface area (Å²) in [6, 6.07) is 11.5. The molecule has 5 nitrogen and oxygen atoms in total. The van der Waals surface area contributed by atoms with Crippen LogP contribution in [0.1, 0.15) is 21.6 Å². The van der Waals surface area contributed by atoms with E-state index in [1.165, 1.54) is 11.3 Å². The Labute approximate surface area is 138 Å². The molecule has 1 amide bonds. The highest BCUT2D eigenvalue weighted by molar-refractivity contribution is 7.13. The van der Waals surface area contributed by atoms with Gasteiger partial charge >= 0.3 is 0 Å². The molecule has 3 aromatic rings. The third-order valence-electron chi connectivity index (χ3n) is 3.51. The van der Waals surface area contributed by atoms with Crippen LogP contribution in [0.3, 0.4) is 0 Å². The highest BCUT2D eigenvalue weighted by Gasteiger charge is 2.21. The predicted molar refractivity (Wildman–Crippen MR) is 91.4 cm³/mol. The number of carbonyl (C=O) groups is 1. The van der Waals surface area contributed by atoms with Gasteiger partial charge in [0.2, 0.25) is 0 Å². The highest BCUT2D eigenvalue weighted by Crippen LogP contribution is 2.29. The van der Waals surface area contributed by atoms with Gasteiger partial charge in [0.1, 0.15) is 5.56 Å². The van der Waals surface area contributed by atoms with E-state index in [1.807, 2.05) is 41.8 Å². The lowest BCUT2D eigenvalue weighted by Gasteiger charge is -2.06. The van der Waals surface area contributed by atoms with Gasteiger partial charge in [-0.3, -0.25) is 4.79 Å². The standard InChI is InChI=1S/C17H17N3O2S/c1-11-15(16(22-20-11)14-3-2-10-23-14)17(21)19-9-8-12-4-6-13(18)7-5-12/h2-7,10H,8-9,18H2,1H3,(H,19,21). The van der Waals surface area contributed by atoms with Gasteiger partial charge in [-0.05, 0) is 42.5 Å². The second-order valence-corrected chi connectivity index (χ2v) is 6.14.